The van der Waals surface area contributed by atoms with Gasteiger partial charge < -0.3 is 14.6 Å². The van der Waals surface area contributed by atoms with E-state index in [-0.39, 0.29) is 28.6 Å². The van der Waals surface area contributed by atoms with Crippen LogP contribution in [-0.4, -0.2) is 40.1 Å². The van der Waals surface area contributed by atoms with Crippen molar-refractivity contribution in [2.24, 2.45) is 0 Å². The van der Waals surface area contributed by atoms with Gasteiger partial charge in [-0.2, -0.15) is 0 Å². The maximum absolute atomic E-state index is 13.2. The van der Waals surface area contributed by atoms with E-state index < -0.39 is 0 Å². The molecule has 8 nitrogen and oxygen atoms in total. The number of fused-ring (bicyclic) bond motifs is 2. The maximum atomic E-state index is 13.2. The Morgan fingerprint density at radius 3 is 2.83 bits per heavy atom. The molecule has 0 aliphatic carbocycles. The van der Waals surface area contributed by atoms with Gasteiger partial charge in [0.05, 0.1) is 10.9 Å². The first-order chi connectivity index (χ1) is 13.9. The number of aryl methyl sites for hydroxylation is 1. The highest BCUT2D eigenvalue weighted by molar-refractivity contribution is 5.96. The highest BCUT2D eigenvalue weighted by Crippen LogP contribution is 2.17. The molecule has 3 rings (SSSR count). The Labute approximate surface area is 168 Å². The number of amides is 1. The van der Waals surface area contributed by atoms with Crippen LogP contribution < -0.4 is 16.4 Å². The fourth-order valence-corrected chi connectivity index (χ4v) is 3.30. The summed E-state index contributed by atoms with van der Waals surface area (Å²) >= 11 is 0. The van der Waals surface area contributed by atoms with Crippen molar-refractivity contribution in [3.05, 3.63) is 51.4 Å². The monoisotopic (exact) mass is 397 g/mol. The minimum absolute atomic E-state index is 0.0550. The quantitative estimate of drug-likeness (QED) is 0.471. The van der Waals surface area contributed by atoms with Gasteiger partial charge in [0.2, 0.25) is 0 Å². The fraction of sp³-hybridized carbons (Fsp3) is 0.429. The summed E-state index contributed by atoms with van der Waals surface area (Å²) in [6, 6.07) is 5.08. The first-order valence-corrected chi connectivity index (χ1v) is 9.79. The minimum atomic E-state index is -0.376. The summed E-state index contributed by atoms with van der Waals surface area (Å²) < 4.78 is 8.17. The third kappa shape index (κ3) is 3.93. The van der Waals surface area contributed by atoms with Gasteiger partial charge in [0, 0.05) is 32.5 Å². The second kappa shape index (κ2) is 8.57. The summed E-state index contributed by atoms with van der Waals surface area (Å²) in [5.74, 6) is -0.376. The van der Waals surface area contributed by atoms with E-state index in [0.717, 1.165) is 12.0 Å². The molecule has 1 atom stereocenters. The molecule has 0 fully saturated rings. The molecule has 0 aliphatic heterocycles. The zero-order valence-electron chi connectivity index (χ0n) is 17.3. The van der Waals surface area contributed by atoms with Crippen LogP contribution in [0.1, 0.15) is 48.7 Å². The van der Waals surface area contributed by atoms with E-state index in [9.17, 15) is 9.59 Å². The number of aromatic nitrogens is 3. The van der Waals surface area contributed by atoms with E-state index in [1.54, 1.807) is 23.9 Å². The van der Waals surface area contributed by atoms with Gasteiger partial charge in [0.15, 0.2) is 0 Å². The number of ether oxygens (including phenoxy) is 1. The van der Waals surface area contributed by atoms with Crippen molar-refractivity contribution >= 4 is 22.6 Å². The predicted molar refractivity (Wildman–Crippen MR) is 111 cm³/mol. The standard InChI is InChI=1S/C21H27N5O3/c1-5-14(3)26-18(22)15(20(27)23-9-6-10-29-4)11-16-19(26)24-17-8-7-13(2)12-25(17)21(16)28/h7-8,11-12,14,22H,5-6,9-10H2,1-4H3,(H,23,27). The lowest BCUT2D eigenvalue weighted by molar-refractivity contribution is 0.0946. The van der Waals surface area contributed by atoms with Crippen LogP contribution in [0.2, 0.25) is 0 Å². The molecule has 0 saturated carbocycles. The van der Waals surface area contributed by atoms with Crippen LogP contribution in [0.15, 0.2) is 29.2 Å². The molecule has 29 heavy (non-hydrogen) atoms. The highest BCUT2D eigenvalue weighted by atomic mass is 16.5. The molecule has 1 amide bonds. The van der Waals surface area contributed by atoms with Crippen molar-refractivity contribution in [1.82, 2.24) is 19.3 Å². The number of carbonyl (C=O) groups excluding carboxylic acids is 1. The first-order valence-electron chi connectivity index (χ1n) is 9.79. The van der Waals surface area contributed by atoms with E-state index >= 15 is 0 Å². The van der Waals surface area contributed by atoms with Gasteiger partial charge in [-0.15, -0.1) is 0 Å². The summed E-state index contributed by atoms with van der Waals surface area (Å²) in [7, 11) is 1.61. The number of nitrogens with one attached hydrogen (secondary N) is 2. The summed E-state index contributed by atoms with van der Waals surface area (Å²) in [4.78, 5) is 30.6. The fourth-order valence-electron chi connectivity index (χ4n) is 3.30. The highest BCUT2D eigenvalue weighted by Gasteiger charge is 2.19. The Bertz CT molecular complexity index is 1180. The normalized spacial score (nSPS) is 12.4. The second-order valence-electron chi connectivity index (χ2n) is 7.23. The van der Waals surface area contributed by atoms with Gasteiger partial charge in [0.1, 0.15) is 16.8 Å². The van der Waals surface area contributed by atoms with Gasteiger partial charge in [-0.3, -0.25) is 19.4 Å². The molecule has 2 N–H and O–H groups in total. The van der Waals surface area contributed by atoms with Crippen LogP contribution in [0, 0.1) is 12.3 Å². The van der Waals surface area contributed by atoms with Crippen LogP contribution in [0.3, 0.4) is 0 Å². The molecule has 0 radical (unpaired) electrons. The number of carbonyl (C=O) groups is 1. The van der Waals surface area contributed by atoms with E-state index in [1.165, 1.54) is 10.5 Å². The Morgan fingerprint density at radius 2 is 2.14 bits per heavy atom. The number of methoxy groups -OCH3 is 1. The number of hydrogen-bond donors (Lipinski definition) is 2. The molecule has 0 bridgehead atoms. The minimum Gasteiger partial charge on any atom is -0.385 e. The van der Waals surface area contributed by atoms with Crippen LogP contribution >= 0.6 is 0 Å². The number of hydrogen-bond acceptors (Lipinski definition) is 5. The van der Waals surface area contributed by atoms with Gasteiger partial charge in [0.25, 0.3) is 11.5 Å². The largest absolute Gasteiger partial charge is 0.385 e. The Kier molecular flexibility index (Phi) is 6.12. The molecule has 0 saturated heterocycles. The Hall–Kier alpha value is -3.00. The molecule has 3 aromatic heterocycles. The van der Waals surface area contributed by atoms with Gasteiger partial charge in [-0.25, -0.2) is 4.98 Å². The zero-order valence-corrected chi connectivity index (χ0v) is 17.3. The van der Waals surface area contributed by atoms with Gasteiger partial charge in [-0.1, -0.05) is 13.0 Å². The van der Waals surface area contributed by atoms with E-state index in [0.29, 0.717) is 36.3 Å². The Balaban J connectivity index is 2.25. The lowest BCUT2D eigenvalue weighted by atomic mass is 10.1. The lowest BCUT2D eigenvalue weighted by Gasteiger charge is -2.19. The summed E-state index contributed by atoms with van der Waals surface area (Å²) in [6.45, 7) is 6.83. The summed E-state index contributed by atoms with van der Waals surface area (Å²) in [6.07, 6.45) is 3.14. The van der Waals surface area contributed by atoms with Crippen molar-refractivity contribution in [3.63, 3.8) is 0 Å². The SMILES string of the molecule is CCC(C)n1c(=N)c(C(=O)NCCCOC)cc2c(=O)n3cc(C)ccc3nc21. The summed E-state index contributed by atoms with van der Waals surface area (Å²) in [5, 5.41) is 11.8. The summed E-state index contributed by atoms with van der Waals surface area (Å²) in [5.41, 5.74) is 1.85. The van der Waals surface area contributed by atoms with Crippen molar-refractivity contribution < 1.29 is 9.53 Å². The van der Waals surface area contributed by atoms with Gasteiger partial charge >= 0.3 is 0 Å². The third-order valence-electron chi connectivity index (χ3n) is 5.09. The predicted octanol–water partition coefficient (Wildman–Crippen LogP) is 2.17. The Morgan fingerprint density at radius 1 is 1.38 bits per heavy atom. The van der Waals surface area contributed by atoms with Crippen molar-refractivity contribution in [1.29, 1.82) is 5.41 Å². The lowest BCUT2D eigenvalue weighted by Crippen LogP contribution is -2.36. The van der Waals surface area contributed by atoms with Crippen LogP contribution in [0.25, 0.3) is 16.7 Å². The first kappa shape index (κ1) is 20.7. The molecule has 1 unspecified atom stereocenters. The van der Waals surface area contributed by atoms with E-state index in [2.05, 4.69) is 10.3 Å². The number of pyridine rings is 2. The molecule has 154 valence electrons. The molecule has 0 aromatic carbocycles. The average Bonchev–Trinajstić information content (AvgIpc) is 2.71. The van der Waals surface area contributed by atoms with E-state index in [4.69, 9.17) is 10.1 Å². The van der Waals surface area contributed by atoms with Crippen LogP contribution in [0.5, 0.6) is 0 Å². The zero-order chi connectivity index (χ0) is 21.1. The van der Waals surface area contributed by atoms with Crippen LogP contribution in [-0.2, 0) is 4.74 Å². The topological polar surface area (TPSA) is 101 Å². The molecular formula is C21H27N5O3. The van der Waals surface area contributed by atoms with Crippen molar-refractivity contribution in [3.8, 4) is 0 Å². The molecule has 0 spiro atoms. The molecule has 3 heterocycles. The molecule has 0 aliphatic rings. The average molecular weight is 397 g/mol. The van der Waals surface area contributed by atoms with Crippen LogP contribution in [0.4, 0.5) is 0 Å². The second-order valence-corrected chi connectivity index (χ2v) is 7.23. The van der Waals surface area contributed by atoms with Crippen molar-refractivity contribution in [2.75, 3.05) is 20.3 Å². The van der Waals surface area contributed by atoms with Gasteiger partial charge in [-0.05, 0) is 44.4 Å². The molecular weight excluding hydrogens is 370 g/mol. The molecule has 3 aromatic rings. The number of rotatable bonds is 7. The van der Waals surface area contributed by atoms with E-state index in [1.807, 2.05) is 26.8 Å². The number of nitrogens with zero attached hydrogens (tertiary/aromatic N) is 3. The van der Waals surface area contributed by atoms with Crippen molar-refractivity contribution in [2.45, 2.75) is 39.7 Å². The smallest absolute Gasteiger partial charge is 0.267 e. The maximum Gasteiger partial charge on any atom is 0.267 e. The molecule has 8 heteroatoms. The third-order valence-corrected chi connectivity index (χ3v) is 5.09.